The Morgan fingerprint density at radius 3 is 2.90 bits per heavy atom. The van der Waals surface area contributed by atoms with Crippen molar-refractivity contribution < 1.29 is 9.53 Å². The molecule has 0 spiro atoms. The average Bonchev–Trinajstić information content (AvgIpc) is 3.41. The summed E-state index contributed by atoms with van der Waals surface area (Å²) in [4.78, 5) is 20.8. The van der Waals surface area contributed by atoms with Crippen LogP contribution >= 0.6 is 0 Å². The van der Waals surface area contributed by atoms with E-state index in [1.54, 1.807) is 18.6 Å². The van der Waals surface area contributed by atoms with E-state index in [9.17, 15) is 4.79 Å². The second kappa shape index (κ2) is 9.72. The van der Waals surface area contributed by atoms with Gasteiger partial charge in [-0.1, -0.05) is 13.3 Å². The number of aliphatic imine (C=N–C) groups is 1. The first-order chi connectivity index (χ1) is 15.2. The monoisotopic (exact) mass is 423 g/mol. The van der Waals surface area contributed by atoms with Crippen molar-refractivity contribution in [3.05, 3.63) is 54.0 Å². The molecular weight excluding hydrogens is 394 g/mol. The highest BCUT2D eigenvalue weighted by atomic mass is 16.6. The van der Waals surface area contributed by atoms with Crippen LogP contribution in [0.5, 0.6) is 0 Å². The van der Waals surface area contributed by atoms with Crippen molar-refractivity contribution in [2.45, 2.75) is 50.8 Å². The maximum Gasteiger partial charge on any atom is 0.407 e. The predicted octanol–water partition coefficient (Wildman–Crippen LogP) is 2.58. The summed E-state index contributed by atoms with van der Waals surface area (Å²) in [5.41, 5.74) is 0.986. The molecule has 9 nitrogen and oxygen atoms in total. The molecule has 4 atom stereocenters. The van der Waals surface area contributed by atoms with E-state index in [4.69, 9.17) is 4.74 Å². The van der Waals surface area contributed by atoms with Crippen molar-refractivity contribution in [1.82, 2.24) is 30.4 Å². The standard InChI is InChI=1S/C22H29N7O2/c1-3-16-10-18(31-22(30)26-12-15-4-8-24-9-5-15)11-19(16)21-28-27-20-14-25-13-17(29(20)21)6-7-23-2/h4-9,14,16-19,23H,3,10-13H2,1-2H3,(H,26,30)/b7-6-. The summed E-state index contributed by atoms with van der Waals surface area (Å²) in [6.45, 7) is 3.26. The lowest BCUT2D eigenvalue weighted by atomic mass is 9.92. The number of ether oxygens (including phenoxy) is 1. The third kappa shape index (κ3) is 4.76. The smallest absolute Gasteiger partial charge is 0.407 e. The minimum atomic E-state index is -0.387. The number of nitrogens with one attached hydrogen (secondary N) is 2. The fraction of sp³-hybridized carbons (Fsp3) is 0.500. The summed E-state index contributed by atoms with van der Waals surface area (Å²) < 4.78 is 7.94. The Hall–Kier alpha value is -3.23. The Balaban J connectivity index is 1.43. The molecule has 0 saturated heterocycles. The van der Waals surface area contributed by atoms with Crippen LogP contribution in [-0.4, -0.2) is 51.8 Å². The van der Waals surface area contributed by atoms with E-state index in [0.29, 0.717) is 19.0 Å². The van der Waals surface area contributed by atoms with Crippen LogP contribution in [0.3, 0.4) is 0 Å². The number of hydrogen-bond acceptors (Lipinski definition) is 7. The molecule has 1 aliphatic carbocycles. The third-order valence-corrected chi connectivity index (χ3v) is 6.03. The number of alkyl carbamates (subject to hydrolysis) is 1. The number of carbonyl (C=O) groups excluding carboxylic acids is 1. The Kier molecular flexibility index (Phi) is 6.59. The van der Waals surface area contributed by atoms with Gasteiger partial charge < -0.3 is 19.9 Å². The second-order valence-corrected chi connectivity index (χ2v) is 7.98. The highest BCUT2D eigenvalue weighted by Gasteiger charge is 2.40. The first kappa shape index (κ1) is 21.0. The Labute approximate surface area is 182 Å². The van der Waals surface area contributed by atoms with E-state index in [1.807, 2.05) is 25.4 Å². The van der Waals surface area contributed by atoms with Crippen LogP contribution in [0.25, 0.3) is 0 Å². The van der Waals surface area contributed by atoms with Crippen molar-refractivity contribution in [2.24, 2.45) is 10.9 Å². The summed E-state index contributed by atoms with van der Waals surface area (Å²) >= 11 is 0. The number of rotatable bonds is 7. The van der Waals surface area contributed by atoms with Crippen LogP contribution in [-0.2, 0) is 11.3 Å². The number of fused-ring (bicyclic) bond motifs is 1. The second-order valence-electron chi connectivity index (χ2n) is 7.98. The fourth-order valence-corrected chi connectivity index (χ4v) is 4.48. The van der Waals surface area contributed by atoms with Gasteiger partial charge in [0.05, 0.1) is 18.8 Å². The van der Waals surface area contributed by atoms with E-state index in [1.165, 1.54) is 0 Å². The Bertz CT molecular complexity index is 941. The van der Waals surface area contributed by atoms with E-state index >= 15 is 0 Å². The highest BCUT2D eigenvalue weighted by Crippen LogP contribution is 2.43. The van der Waals surface area contributed by atoms with Gasteiger partial charge in [-0.15, -0.1) is 10.2 Å². The normalized spacial score (nSPS) is 24.8. The lowest BCUT2D eigenvalue weighted by molar-refractivity contribution is 0.0976. The minimum absolute atomic E-state index is 0.0820. The van der Waals surface area contributed by atoms with Gasteiger partial charge in [0.25, 0.3) is 0 Å². The third-order valence-electron chi connectivity index (χ3n) is 6.03. The molecule has 2 N–H and O–H groups in total. The molecule has 1 aliphatic heterocycles. The minimum Gasteiger partial charge on any atom is -0.446 e. The summed E-state index contributed by atoms with van der Waals surface area (Å²) in [6, 6.07) is 3.82. The molecule has 9 heteroatoms. The Morgan fingerprint density at radius 2 is 2.13 bits per heavy atom. The van der Waals surface area contributed by atoms with Gasteiger partial charge in [0.15, 0.2) is 5.82 Å². The number of hydrogen-bond donors (Lipinski definition) is 2. The molecule has 2 aromatic heterocycles. The van der Waals surface area contributed by atoms with Crippen molar-refractivity contribution in [1.29, 1.82) is 0 Å². The van der Waals surface area contributed by atoms with Gasteiger partial charge in [-0.3, -0.25) is 9.98 Å². The molecule has 4 rings (SSSR count). The summed E-state index contributed by atoms with van der Waals surface area (Å²) in [6.07, 6.45) is 11.3. The van der Waals surface area contributed by atoms with Gasteiger partial charge in [0, 0.05) is 31.9 Å². The van der Waals surface area contributed by atoms with Crippen molar-refractivity contribution in [3.63, 3.8) is 0 Å². The first-order valence-corrected chi connectivity index (χ1v) is 10.8. The molecule has 3 heterocycles. The molecular formula is C22H29N7O2. The van der Waals surface area contributed by atoms with Crippen molar-refractivity contribution >= 4 is 12.3 Å². The van der Waals surface area contributed by atoms with Crippen LogP contribution in [0.15, 0.2) is 41.8 Å². The predicted molar refractivity (Wildman–Crippen MR) is 117 cm³/mol. The van der Waals surface area contributed by atoms with E-state index in [2.05, 4.69) is 48.4 Å². The maximum absolute atomic E-state index is 12.3. The summed E-state index contributed by atoms with van der Waals surface area (Å²) in [5, 5.41) is 14.8. The van der Waals surface area contributed by atoms with E-state index in [0.717, 1.165) is 36.5 Å². The molecule has 0 bridgehead atoms. The first-order valence-electron chi connectivity index (χ1n) is 10.8. The van der Waals surface area contributed by atoms with Crippen LogP contribution in [0.4, 0.5) is 4.79 Å². The van der Waals surface area contributed by atoms with Gasteiger partial charge in [0.2, 0.25) is 0 Å². The Morgan fingerprint density at radius 1 is 1.29 bits per heavy atom. The zero-order valence-electron chi connectivity index (χ0n) is 17.9. The lowest BCUT2D eigenvalue weighted by Crippen LogP contribution is -2.27. The molecule has 0 aromatic carbocycles. The maximum atomic E-state index is 12.3. The van der Waals surface area contributed by atoms with Crippen molar-refractivity contribution in [2.75, 3.05) is 13.6 Å². The van der Waals surface area contributed by atoms with E-state index < -0.39 is 0 Å². The average molecular weight is 424 g/mol. The number of aromatic nitrogens is 4. The molecule has 1 fully saturated rings. The molecule has 2 aromatic rings. The zero-order chi connectivity index (χ0) is 21.6. The largest absolute Gasteiger partial charge is 0.446 e. The molecule has 1 saturated carbocycles. The number of amides is 1. The van der Waals surface area contributed by atoms with E-state index in [-0.39, 0.29) is 24.2 Å². The number of carbonyl (C=O) groups is 1. The fourth-order valence-electron chi connectivity index (χ4n) is 4.48. The summed E-state index contributed by atoms with van der Waals surface area (Å²) in [7, 11) is 1.88. The lowest BCUT2D eigenvalue weighted by Gasteiger charge is -2.24. The number of pyridine rings is 1. The van der Waals surface area contributed by atoms with Gasteiger partial charge in [-0.25, -0.2) is 4.79 Å². The molecule has 0 radical (unpaired) electrons. The van der Waals surface area contributed by atoms with Crippen molar-refractivity contribution in [3.8, 4) is 0 Å². The van der Waals surface area contributed by atoms with Crippen LogP contribution in [0.2, 0.25) is 0 Å². The van der Waals surface area contributed by atoms with Gasteiger partial charge in [0.1, 0.15) is 11.9 Å². The number of nitrogens with zero attached hydrogens (tertiary/aromatic N) is 5. The zero-order valence-corrected chi connectivity index (χ0v) is 17.9. The molecule has 2 aliphatic rings. The van der Waals surface area contributed by atoms with Gasteiger partial charge >= 0.3 is 6.09 Å². The van der Waals surface area contributed by atoms with Crippen LogP contribution in [0, 0.1) is 5.92 Å². The highest BCUT2D eigenvalue weighted by molar-refractivity contribution is 5.75. The molecule has 31 heavy (non-hydrogen) atoms. The molecule has 1 amide bonds. The van der Waals surface area contributed by atoms with Gasteiger partial charge in [-0.05, 0) is 48.7 Å². The SMILES string of the molecule is CCC1CC(OC(=O)NCc2ccncc2)CC1c1nnc2n1C(/C=C\NC)CN=C2. The quantitative estimate of drug-likeness (QED) is 0.709. The van der Waals surface area contributed by atoms with Gasteiger partial charge in [-0.2, -0.15) is 0 Å². The van der Waals surface area contributed by atoms with Crippen LogP contribution < -0.4 is 10.6 Å². The topological polar surface area (TPSA) is 106 Å². The summed E-state index contributed by atoms with van der Waals surface area (Å²) in [5.74, 6) is 2.32. The molecule has 4 unspecified atom stereocenters. The van der Waals surface area contributed by atoms with Crippen LogP contribution in [0.1, 0.15) is 55.4 Å². The molecule has 164 valence electrons.